The number of amides is 1. The summed E-state index contributed by atoms with van der Waals surface area (Å²) in [5.74, 6) is 0.399. The third kappa shape index (κ3) is 7.12. The molecule has 2 aromatic carbocycles. The van der Waals surface area contributed by atoms with Crippen molar-refractivity contribution in [3.05, 3.63) is 59.7 Å². The van der Waals surface area contributed by atoms with Crippen LogP contribution in [0.2, 0.25) is 0 Å². The average molecular weight is 399 g/mol. The van der Waals surface area contributed by atoms with Gasteiger partial charge in [0.2, 0.25) is 0 Å². The molecule has 0 spiro atoms. The highest BCUT2D eigenvalue weighted by atomic mass is 32.1. The van der Waals surface area contributed by atoms with Gasteiger partial charge >= 0.3 is 0 Å². The third-order valence-electron chi connectivity index (χ3n) is 4.14. The monoisotopic (exact) mass is 398 g/mol. The Balaban J connectivity index is 1.84. The van der Waals surface area contributed by atoms with Gasteiger partial charge in [0.25, 0.3) is 5.91 Å². The third-order valence-corrected chi connectivity index (χ3v) is 4.34. The van der Waals surface area contributed by atoms with Gasteiger partial charge in [0.05, 0.1) is 6.61 Å². The molecule has 148 valence electrons. The second-order valence-corrected chi connectivity index (χ2v) is 6.89. The summed E-state index contributed by atoms with van der Waals surface area (Å²) in [4.78, 5) is 23.8. The summed E-state index contributed by atoms with van der Waals surface area (Å²) < 4.78 is 5.68. The van der Waals surface area contributed by atoms with Crippen molar-refractivity contribution in [2.75, 3.05) is 11.9 Å². The van der Waals surface area contributed by atoms with Crippen LogP contribution in [0, 0.1) is 0 Å². The maximum atomic E-state index is 12.3. The van der Waals surface area contributed by atoms with Crippen molar-refractivity contribution in [1.29, 1.82) is 0 Å². The molecule has 2 aromatic rings. The van der Waals surface area contributed by atoms with Crippen LogP contribution >= 0.6 is 12.2 Å². The molecule has 0 heterocycles. The molecule has 0 unspecified atom stereocenters. The number of ether oxygens (including phenoxy) is 1. The molecular weight excluding hydrogens is 372 g/mol. The zero-order valence-electron chi connectivity index (χ0n) is 16.3. The topological polar surface area (TPSA) is 67.4 Å². The van der Waals surface area contributed by atoms with Crippen molar-refractivity contribution in [3.63, 3.8) is 0 Å². The minimum Gasteiger partial charge on any atom is -0.494 e. The fourth-order valence-electron chi connectivity index (χ4n) is 2.57. The first kappa shape index (κ1) is 21.6. The highest BCUT2D eigenvalue weighted by molar-refractivity contribution is 7.80. The minimum absolute atomic E-state index is 0.0359. The summed E-state index contributed by atoms with van der Waals surface area (Å²) in [5, 5.41) is 5.72. The largest absolute Gasteiger partial charge is 0.494 e. The molecule has 0 aliphatic heterocycles. The average Bonchev–Trinajstić information content (AvgIpc) is 2.68. The van der Waals surface area contributed by atoms with Crippen LogP contribution in [0.25, 0.3) is 0 Å². The van der Waals surface area contributed by atoms with Crippen LogP contribution in [0.15, 0.2) is 48.5 Å². The van der Waals surface area contributed by atoms with E-state index in [1.165, 1.54) is 19.8 Å². The second-order valence-electron chi connectivity index (χ2n) is 6.48. The molecule has 0 saturated carbocycles. The molecule has 1 amide bonds. The van der Waals surface area contributed by atoms with Crippen molar-refractivity contribution >= 4 is 34.7 Å². The molecule has 0 bridgehead atoms. The van der Waals surface area contributed by atoms with Gasteiger partial charge in [-0.25, -0.2) is 0 Å². The first-order chi connectivity index (χ1) is 13.5. The Morgan fingerprint density at radius 1 is 1.00 bits per heavy atom. The van der Waals surface area contributed by atoms with Crippen molar-refractivity contribution in [2.45, 2.75) is 39.5 Å². The smallest absolute Gasteiger partial charge is 0.257 e. The zero-order valence-corrected chi connectivity index (χ0v) is 17.1. The number of nitrogens with one attached hydrogen (secondary N) is 2. The number of carbonyl (C=O) groups is 2. The van der Waals surface area contributed by atoms with Gasteiger partial charge in [0, 0.05) is 16.8 Å². The number of anilines is 1. The molecule has 0 radical (unpaired) electrons. The number of hydrogen-bond acceptors (Lipinski definition) is 4. The molecule has 6 heteroatoms. The molecule has 28 heavy (non-hydrogen) atoms. The fourth-order valence-corrected chi connectivity index (χ4v) is 2.79. The van der Waals surface area contributed by atoms with E-state index in [1.807, 2.05) is 0 Å². The van der Waals surface area contributed by atoms with Crippen molar-refractivity contribution in [2.24, 2.45) is 0 Å². The Hall–Kier alpha value is -2.73. The van der Waals surface area contributed by atoms with Gasteiger partial charge in [0.1, 0.15) is 5.75 Å². The number of unbranched alkanes of at least 4 members (excludes halogenated alkanes) is 3. The predicted octanol–water partition coefficient (Wildman–Crippen LogP) is 4.98. The minimum atomic E-state index is -0.310. The van der Waals surface area contributed by atoms with Crippen molar-refractivity contribution in [3.8, 4) is 5.75 Å². The Morgan fingerprint density at radius 2 is 1.75 bits per heavy atom. The molecule has 0 fully saturated rings. The van der Waals surface area contributed by atoms with Gasteiger partial charge in [-0.15, -0.1) is 0 Å². The Bertz CT molecular complexity index is 819. The van der Waals surface area contributed by atoms with E-state index in [-0.39, 0.29) is 16.8 Å². The quantitative estimate of drug-likeness (QED) is 0.354. The van der Waals surface area contributed by atoms with Gasteiger partial charge in [-0.2, -0.15) is 0 Å². The Labute approximate surface area is 171 Å². The molecular formula is C22H26N2O3S. The number of hydrogen-bond donors (Lipinski definition) is 2. The second kappa shape index (κ2) is 11.2. The van der Waals surface area contributed by atoms with E-state index in [0.29, 0.717) is 23.4 Å². The van der Waals surface area contributed by atoms with Crippen LogP contribution in [-0.4, -0.2) is 23.4 Å². The van der Waals surface area contributed by atoms with Gasteiger partial charge in [-0.1, -0.05) is 38.3 Å². The number of thiocarbonyl (C=S) groups is 1. The van der Waals surface area contributed by atoms with E-state index >= 15 is 0 Å². The maximum absolute atomic E-state index is 12.3. The molecule has 0 saturated heterocycles. The molecule has 0 aliphatic carbocycles. The van der Waals surface area contributed by atoms with E-state index in [0.717, 1.165) is 18.6 Å². The van der Waals surface area contributed by atoms with E-state index in [9.17, 15) is 9.59 Å². The standard InChI is InChI=1S/C22H26N2O3S/c1-3-4-5-6-14-27-20-12-10-17(11-13-20)21(26)24-22(28)23-19-9-7-8-18(15-19)16(2)25/h7-13,15H,3-6,14H2,1-2H3,(H2,23,24,26,28). The normalized spacial score (nSPS) is 10.2. The van der Waals surface area contributed by atoms with Gasteiger partial charge in [-0.3, -0.25) is 14.9 Å². The Morgan fingerprint density at radius 3 is 2.43 bits per heavy atom. The lowest BCUT2D eigenvalue weighted by atomic mass is 10.1. The van der Waals surface area contributed by atoms with Crippen molar-refractivity contribution in [1.82, 2.24) is 5.32 Å². The van der Waals surface area contributed by atoms with Crippen LogP contribution in [-0.2, 0) is 0 Å². The molecule has 2 N–H and O–H groups in total. The first-order valence-corrected chi connectivity index (χ1v) is 9.86. The number of Topliss-reactive ketones (excluding diaryl/α,β-unsaturated/α-hetero) is 1. The molecule has 0 atom stereocenters. The highest BCUT2D eigenvalue weighted by Gasteiger charge is 2.09. The van der Waals surface area contributed by atoms with Crippen LogP contribution in [0.3, 0.4) is 0 Å². The molecule has 0 aliphatic rings. The molecule has 2 rings (SSSR count). The van der Waals surface area contributed by atoms with E-state index in [1.54, 1.807) is 48.5 Å². The lowest BCUT2D eigenvalue weighted by Crippen LogP contribution is -2.34. The highest BCUT2D eigenvalue weighted by Crippen LogP contribution is 2.14. The summed E-state index contributed by atoms with van der Waals surface area (Å²) in [5.41, 5.74) is 1.70. The van der Waals surface area contributed by atoms with E-state index in [2.05, 4.69) is 17.6 Å². The molecule has 0 aromatic heterocycles. The summed E-state index contributed by atoms with van der Waals surface area (Å²) in [6.45, 7) is 4.35. The zero-order chi connectivity index (χ0) is 20.4. The maximum Gasteiger partial charge on any atom is 0.257 e. The predicted molar refractivity (Wildman–Crippen MR) is 116 cm³/mol. The van der Waals surface area contributed by atoms with Crippen LogP contribution < -0.4 is 15.4 Å². The SMILES string of the molecule is CCCCCCOc1ccc(C(=O)NC(=S)Nc2cccc(C(C)=O)c2)cc1. The first-order valence-electron chi connectivity index (χ1n) is 9.46. The lowest BCUT2D eigenvalue weighted by molar-refractivity contribution is 0.0975. The summed E-state index contributed by atoms with van der Waals surface area (Å²) in [7, 11) is 0. The summed E-state index contributed by atoms with van der Waals surface area (Å²) >= 11 is 5.19. The van der Waals surface area contributed by atoms with Crippen LogP contribution in [0.1, 0.15) is 60.2 Å². The number of ketones is 1. The van der Waals surface area contributed by atoms with E-state index < -0.39 is 0 Å². The van der Waals surface area contributed by atoms with E-state index in [4.69, 9.17) is 17.0 Å². The fraction of sp³-hybridized carbons (Fsp3) is 0.318. The van der Waals surface area contributed by atoms with Gasteiger partial charge in [0.15, 0.2) is 10.9 Å². The summed E-state index contributed by atoms with van der Waals surface area (Å²) in [6, 6.07) is 13.9. The molecule has 5 nitrogen and oxygen atoms in total. The number of rotatable bonds is 9. The Kier molecular flexibility index (Phi) is 8.62. The summed E-state index contributed by atoms with van der Waals surface area (Å²) in [6.07, 6.45) is 4.61. The van der Waals surface area contributed by atoms with Crippen LogP contribution in [0.4, 0.5) is 5.69 Å². The lowest BCUT2D eigenvalue weighted by Gasteiger charge is -2.11. The van der Waals surface area contributed by atoms with Gasteiger partial charge < -0.3 is 10.1 Å². The van der Waals surface area contributed by atoms with Crippen LogP contribution in [0.5, 0.6) is 5.75 Å². The number of benzene rings is 2. The van der Waals surface area contributed by atoms with Crippen molar-refractivity contribution < 1.29 is 14.3 Å². The van der Waals surface area contributed by atoms with Gasteiger partial charge in [-0.05, 0) is 62.0 Å². The number of carbonyl (C=O) groups excluding carboxylic acids is 2.